The molecule has 4 rings (SSSR count). The van der Waals surface area contributed by atoms with E-state index in [9.17, 15) is 45.5 Å². The van der Waals surface area contributed by atoms with Crippen molar-refractivity contribution in [1.82, 2.24) is 30.7 Å². The number of carbonyl (C=O) groups excluding carboxylic acids is 4. The Kier molecular flexibility index (Phi) is 14.1. The maximum atomic E-state index is 14.0. The molecular formula is C34H40F6N6O7. The number of nitrogens with zero attached hydrogens (tertiary/aromatic N) is 3. The highest BCUT2D eigenvalue weighted by Gasteiger charge is 2.51. The van der Waals surface area contributed by atoms with E-state index in [4.69, 9.17) is 14.2 Å². The molecule has 2 heterocycles. The molecule has 2 aliphatic rings. The fourth-order valence-electron chi connectivity index (χ4n) is 5.78. The molecule has 3 atom stereocenters. The number of carbonyl (C=O) groups is 4. The van der Waals surface area contributed by atoms with E-state index in [0.717, 1.165) is 5.56 Å². The first kappa shape index (κ1) is 40.9. The Balaban J connectivity index is 1.55. The summed E-state index contributed by atoms with van der Waals surface area (Å²) in [7, 11) is 0. The first-order valence-electron chi connectivity index (χ1n) is 16.5. The highest BCUT2D eigenvalue weighted by atomic mass is 19.4. The molecule has 0 aliphatic carbocycles. The van der Waals surface area contributed by atoms with Crippen molar-refractivity contribution in [2.75, 3.05) is 46.3 Å². The Morgan fingerprint density at radius 1 is 0.925 bits per heavy atom. The molecular weight excluding hydrogens is 718 g/mol. The number of nitrogens with one attached hydrogen (secondary N) is 3. The summed E-state index contributed by atoms with van der Waals surface area (Å²) >= 11 is 0. The molecule has 0 spiro atoms. The molecule has 0 unspecified atom stereocenters. The highest BCUT2D eigenvalue weighted by molar-refractivity contribution is 5.94. The van der Waals surface area contributed by atoms with Crippen molar-refractivity contribution < 1.29 is 59.7 Å². The Morgan fingerprint density at radius 3 is 2.23 bits per heavy atom. The van der Waals surface area contributed by atoms with Crippen LogP contribution in [0.15, 0.2) is 61.2 Å². The van der Waals surface area contributed by atoms with Crippen LogP contribution in [0.25, 0.3) is 0 Å². The fraction of sp³-hybridized carbons (Fsp3) is 0.471. The van der Waals surface area contributed by atoms with Crippen molar-refractivity contribution in [3.63, 3.8) is 0 Å². The van der Waals surface area contributed by atoms with Crippen LogP contribution in [0.4, 0.5) is 35.9 Å². The van der Waals surface area contributed by atoms with Gasteiger partial charge >= 0.3 is 24.5 Å². The van der Waals surface area contributed by atoms with Gasteiger partial charge < -0.3 is 40.0 Å². The lowest BCUT2D eigenvalue weighted by Crippen LogP contribution is -2.76. The smallest absolute Gasteiger partial charge is 0.416 e. The van der Waals surface area contributed by atoms with Crippen molar-refractivity contribution in [3.05, 3.63) is 83.4 Å². The average Bonchev–Trinajstić information content (AvgIpc) is 3.11. The topological polar surface area (TPSA) is 142 Å². The maximum Gasteiger partial charge on any atom is 0.416 e. The third-order valence-electron chi connectivity index (χ3n) is 8.20. The molecule has 13 nitrogen and oxygen atoms in total. The number of amides is 5. The zero-order chi connectivity index (χ0) is 38.8. The summed E-state index contributed by atoms with van der Waals surface area (Å²) in [6, 6.07) is 7.06. The summed E-state index contributed by atoms with van der Waals surface area (Å²) in [6.45, 7) is 3.63. The second kappa shape index (κ2) is 18.2. The maximum absolute atomic E-state index is 14.0. The molecule has 2 aromatic rings. The van der Waals surface area contributed by atoms with E-state index >= 15 is 0 Å². The second-order valence-corrected chi connectivity index (χ2v) is 12.2. The van der Waals surface area contributed by atoms with Crippen LogP contribution in [0.5, 0.6) is 0 Å². The van der Waals surface area contributed by atoms with Crippen LogP contribution in [0.3, 0.4) is 0 Å². The number of rotatable bonds is 15. The molecule has 2 aromatic carbocycles. The number of ether oxygens (including phenoxy) is 3. The summed E-state index contributed by atoms with van der Waals surface area (Å²) < 4.78 is 95.7. The monoisotopic (exact) mass is 758 g/mol. The Hall–Kier alpha value is -4.88. The largest absolute Gasteiger partial charge is 0.445 e. The zero-order valence-electron chi connectivity index (χ0n) is 28.7. The normalized spacial score (nSPS) is 19.4. The number of hydrogen-bond acceptors (Lipinski definition) is 8. The van der Waals surface area contributed by atoms with Gasteiger partial charge in [0.1, 0.15) is 38.4 Å². The quantitative estimate of drug-likeness (QED) is 0.107. The number of benzene rings is 2. The predicted molar refractivity (Wildman–Crippen MR) is 175 cm³/mol. The van der Waals surface area contributed by atoms with Crippen molar-refractivity contribution in [2.45, 2.75) is 57.1 Å². The predicted octanol–water partition coefficient (Wildman–Crippen LogP) is 4.04. The lowest BCUT2D eigenvalue weighted by atomic mass is 10.0. The third-order valence-corrected chi connectivity index (χ3v) is 8.20. The van der Waals surface area contributed by atoms with Crippen molar-refractivity contribution >= 4 is 23.9 Å². The summed E-state index contributed by atoms with van der Waals surface area (Å²) in [5.41, 5.74) is -2.59. The number of halogens is 6. The SMILES string of the molecule is C=CCOC(=O)N[C@H]1CN(COCOCc2cc(C(F)(F)F)cc(C(F)(F)F)c2)[C@H]2CN(Cc3ccccc3)C(=O)[C@H](CNC(=O)NCCC)N2C1=O. The van der Waals surface area contributed by atoms with Gasteiger partial charge in [-0.25, -0.2) is 9.59 Å². The standard InChI is InChI=1S/C34H40F6N6O7/c1-3-10-41-31(49)42-15-27-30(48)44(16-22-8-6-5-7-9-22)18-28-45(17-26(29(47)46(27)28)43-32(50)53-11-4-2)20-52-21-51-19-23-12-24(33(35,36)37)14-25(13-23)34(38,39)40/h4-9,12-14,26-28H,2-3,10-11,15-21H2,1H3,(H,43,50)(H2,41,42,49)/t26-,27-,28+/m0/s1. The lowest BCUT2D eigenvalue weighted by Gasteiger charge is -2.53. The minimum atomic E-state index is -5.03. The van der Waals surface area contributed by atoms with E-state index in [0.29, 0.717) is 25.1 Å². The molecule has 2 aliphatic heterocycles. The van der Waals surface area contributed by atoms with Gasteiger partial charge in [-0.3, -0.25) is 14.5 Å². The molecule has 0 aromatic heterocycles. The second-order valence-electron chi connectivity index (χ2n) is 12.2. The Morgan fingerprint density at radius 2 is 1.60 bits per heavy atom. The summed E-state index contributed by atoms with van der Waals surface area (Å²) in [6.07, 6.45) is -9.92. The van der Waals surface area contributed by atoms with E-state index in [1.54, 1.807) is 23.1 Å². The van der Waals surface area contributed by atoms with Crippen LogP contribution in [0.1, 0.15) is 35.6 Å². The lowest BCUT2D eigenvalue weighted by molar-refractivity contribution is -0.184. The molecule has 2 saturated heterocycles. The molecule has 0 saturated carbocycles. The number of alkyl halides is 6. The van der Waals surface area contributed by atoms with Crippen LogP contribution < -0.4 is 16.0 Å². The number of urea groups is 1. The van der Waals surface area contributed by atoms with Gasteiger partial charge in [-0.05, 0) is 35.7 Å². The van der Waals surface area contributed by atoms with Gasteiger partial charge in [-0.2, -0.15) is 26.3 Å². The third kappa shape index (κ3) is 11.3. The van der Waals surface area contributed by atoms with Crippen LogP contribution >= 0.6 is 0 Å². The van der Waals surface area contributed by atoms with Gasteiger partial charge in [-0.15, -0.1) is 0 Å². The summed E-state index contributed by atoms with van der Waals surface area (Å²) in [5, 5.41) is 7.74. The van der Waals surface area contributed by atoms with Crippen molar-refractivity contribution in [2.24, 2.45) is 0 Å². The van der Waals surface area contributed by atoms with Gasteiger partial charge in [0.25, 0.3) is 0 Å². The highest BCUT2D eigenvalue weighted by Crippen LogP contribution is 2.36. The molecule has 0 bridgehead atoms. The fourth-order valence-corrected chi connectivity index (χ4v) is 5.78. The number of fused-ring (bicyclic) bond motifs is 1. The summed E-state index contributed by atoms with van der Waals surface area (Å²) in [4.78, 5) is 57.3. The molecule has 2 fully saturated rings. The number of hydrogen-bond donors (Lipinski definition) is 3. The Labute approximate surface area is 301 Å². The van der Waals surface area contributed by atoms with Crippen molar-refractivity contribution in [3.8, 4) is 0 Å². The van der Waals surface area contributed by atoms with Crippen LogP contribution in [0, 0.1) is 0 Å². The van der Waals surface area contributed by atoms with Crippen LogP contribution in [0.2, 0.25) is 0 Å². The molecule has 290 valence electrons. The zero-order valence-corrected chi connectivity index (χ0v) is 28.7. The first-order chi connectivity index (χ1) is 25.1. The number of piperazine rings is 1. The minimum absolute atomic E-state index is 0.0113. The molecule has 0 radical (unpaired) electrons. The molecule has 5 amide bonds. The van der Waals surface area contributed by atoms with E-state index < -0.39 is 84.6 Å². The van der Waals surface area contributed by atoms with Gasteiger partial charge in [0.05, 0.1) is 24.3 Å². The van der Waals surface area contributed by atoms with E-state index in [1.807, 2.05) is 19.1 Å². The minimum Gasteiger partial charge on any atom is -0.445 e. The van der Waals surface area contributed by atoms with Gasteiger partial charge in [0.2, 0.25) is 11.8 Å². The van der Waals surface area contributed by atoms with E-state index in [1.165, 1.54) is 15.9 Å². The average molecular weight is 759 g/mol. The summed E-state index contributed by atoms with van der Waals surface area (Å²) in [5.74, 6) is -1.12. The molecule has 3 N–H and O–H groups in total. The Bertz CT molecular complexity index is 1560. The molecule has 53 heavy (non-hydrogen) atoms. The number of alkyl carbamates (subject to hydrolysis) is 1. The van der Waals surface area contributed by atoms with Crippen LogP contribution in [-0.2, 0) is 49.3 Å². The van der Waals surface area contributed by atoms with Crippen molar-refractivity contribution in [1.29, 1.82) is 0 Å². The van der Waals surface area contributed by atoms with E-state index in [2.05, 4.69) is 22.5 Å². The van der Waals surface area contributed by atoms with Gasteiger partial charge in [-0.1, -0.05) is 49.9 Å². The van der Waals surface area contributed by atoms with Gasteiger partial charge in [0, 0.05) is 26.2 Å². The van der Waals surface area contributed by atoms with Gasteiger partial charge in [0.15, 0.2) is 0 Å². The molecule has 19 heteroatoms. The van der Waals surface area contributed by atoms with E-state index in [-0.39, 0.29) is 45.6 Å². The van der Waals surface area contributed by atoms with Crippen LogP contribution in [-0.4, -0.2) is 103 Å². The first-order valence-corrected chi connectivity index (χ1v) is 16.5.